The van der Waals surface area contributed by atoms with E-state index in [4.69, 9.17) is 18.5 Å². The van der Waals surface area contributed by atoms with Crippen LogP contribution in [0.2, 0.25) is 0 Å². The van der Waals surface area contributed by atoms with Crippen molar-refractivity contribution in [2.24, 2.45) is 0 Å². The summed E-state index contributed by atoms with van der Waals surface area (Å²) in [5, 5.41) is 0.499. The number of nitrogens with zero attached hydrogens (tertiary/aromatic N) is 1. The van der Waals surface area contributed by atoms with Crippen LogP contribution in [0.15, 0.2) is 30.5 Å². The number of carbonyl (C=O) groups excluding carboxylic acids is 3. The summed E-state index contributed by atoms with van der Waals surface area (Å²) >= 11 is 0. The fourth-order valence-electron chi connectivity index (χ4n) is 3.29. The Hall–Kier alpha value is -2.48. The van der Waals surface area contributed by atoms with Gasteiger partial charge in [0.15, 0.2) is 11.4 Å². The van der Waals surface area contributed by atoms with Crippen LogP contribution in [0.5, 0.6) is 0 Å². The highest BCUT2D eigenvalue weighted by molar-refractivity contribution is 7.55. The molecule has 2 aromatic rings. The minimum absolute atomic E-state index is 0.0271. The van der Waals surface area contributed by atoms with E-state index >= 15 is 0 Å². The average Bonchev–Trinajstić information content (AvgIpc) is 3.11. The first-order valence-corrected chi connectivity index (χ1v) is 12.5. The molecule has 0 radical (unpaired) electrons. The molecule has 182 valence electrons. The fraction of sp³-hybridized carbons (Fsp3) is 0.522. The Kier molecular flexibility index (Phi) is 9.00. The zero-order valence-electron chi connectivity index (χ0n) is 20.0. The molecular weight excluding hydrogens is 449 g/mol. The number of carbonyl (C=O) groups is 3. The van der Waals surface area contributed by atoms with Crippen LogP contribution in [0.4, 0.5) is 4.79 Å². The third-order valence-electron chi connectivity index (χ3n) is 4.54. The molecule has 0 N–H and O–H groups in total. The van der Waals surface area contributed by atoms with E-state index in [-0.39, 0.29) is 25.4 Å². The maximum atomic E-state index is 13.4. The SMILES string of the molecule is CCOC(=O)C(CC(=O)c1cn(C(=O)OC(C)(C)C)c2ccccc12)P(=O)(OCC)OCC. The summed E-state index contributed by atoms with van der Waals surface area (Å²) in [5.41, 5.74) is -1.51. The van der Waals surface area contributed by atoms with Gasteiger partial charge in [-0.25, -0.2) is 4.79 Å². The fourth-order valence-corrected chi connectivity index (χ4v) is 5.17. The number of hydrogen-bond donors (Lipinski definition) is 0. The Balaban J connectivity index is 2.50. The monoisotopic (exact) mass is 481 g/mol. The van der Waals surface area contributed by atoms with Crippen LogP contribution in [0.3, 0.4) is 0 Å². The summed E-state index contributed by atoms with van der Waals surface area (Å²) in [6, 6.07) is 6.83. The van der Waals surface area contributed by atoms with Crippen molar-refractivity contribution < 1.29 is 37.5 Å². The number of ketones is 1. The summed E-state index contributed by atoms with van der Waals surface area (Å²) in [7, 11) is -3.98. The first-order chi connectivity index (χ1) is 15.5. The van der Waals surface area contributed by atoms with Gasteiger partial charge in [0.05, 0.1) is 25.3 Å². The summed E-state index contributed by atoms with van der Waals surface area (Å²) in [4.78, 5) is 38.7. The van der Waals surface area contributed by atoms with Gasteiger partial charge in [-0.05, 0) is 47.6 Å². The number of ether oxygens (including phenoxy) is 2. The van der Waals surface area contributed by atoms with Crippen LogP contribution in [-0.2, 0) is 27.9 Å². The number of Topliss-reactive ketones (excluding diaryl/α,β-unsaturated/α-hetero) is 1. The molecule has 0 bridgehead atoms. The maximum Gasteiger partial charge on any atom is 0.419 e. The van der Waals surface area contributed by atoms with E-state index in [1.807, 2.05) is 0 Å². The lowest BCUT2D eigenvalue weighted by atomic mass is 10.1. The van der Waals surface area contributed by atoms with E-state index in [9.17, 15) is 18.9 Å². The second-order valence-electron chi connectivity index (χ2n) is 8.18. The quantitative estimate of drug-likeness (QED) is 0.259. The molecule has 0 saturated carbocycles. The van der Waals surface area contributed by atoms with Gasteiger partial charge < -0.3 is 18.5 Å². The molecule has 0 aliphatic rings. The van der Waals surface area contributed by atoms with E-state index in [0.29, 0.717) is 10.9 Å². The Morgan fingerprint density at radius 3 is 2.15 bits per heavy atom. The maximum absolute atomic E-state index is 13.4. The number of fused-ring (bicyclic) bond motifs is 1. The second kappa shape index (κ2) is 11.1. The number of rotatable bonds is 10. The van der Waals surface area contributed by atoms with Gasteiger partial charge in [0.2, 0.25) is 0 Å². The van der Waals surface area contributed by atoms with Gasteiger partial charge >= 0.3 is 19.7 Å². The zero-order valence-corrected chi connectivity index (χ0v) is 20.8. The molecule has 1 aromatic heterocycles. The first kappa shape index (κ1) is 26.8. The Morgan fingerprint density at radius 1 is 1.00 bits per heavy atom. The predicted molar refractivity (Wildman–Crippen MR) is 124 cm³/mol. The first-order valence-electron chi connectivity index (χ1n) is 10.9. The number of aromatic nitrogens is 1. The molecule has 0 aliphatic heterocycles. The van der Waals surface area contributed by atoms with Crippen LogP contribution in [-0.4, -0.2) is 53.5 Å². The zero-order chi connectivity index (χ0) is 24.8. The molecule has 10 heteroatoms. The Bertz CT molecular complexity index is 1040. The molecule has 1 atom stereocenters. The van der Waals surface area contributed by atoms with E-state index in [2.05, 4.69) is 0 Å². The molecule has 1 unspecified atom stereocenters. The third-order valence-corrected chi connectivity index (χ3v) is 6.93. The van der Waals surface area contributed by atoms with Crippen LogP contribution in [0.25, 0.3) is 10.9 Å². The van der Waals surface area contributed by atoms with E-state index in [0.717, 1.165) is 0 Å². The van der Waals surface area contributed by atoms with Gasteiger partial charge in [-0.2, -0.15) is 0 Å². The van der Waals surface area contributed by atoms with E-state index in [1.165, 1.54) is 10.8 Å². The van der Waals surface area contributed by atoms with Crippen molar-refractivity contribution in [3.8, 4) is 0 Å². The van der Waals surface area contributed by atoms with Crippen molar-refractivity contribution in [2.45, 2.75) is 59.2 Å². The predicted octanol–water partition coefficient (Wildman–Crippen LogP) is 5.20. The van der Waals surface area contributed by atoms with Crippen molar-refractivity contribution >= 4 is 36.3 Å². The molecule has 0 aliphatic carbocycles. The smallest absolute Gasteiger partial charge is 0.419 e. The molecule has 0 amide bonds. The normalized spacial score (nSPS) is 13.0. The van der Waals surface area contributed by atoms with Crippen LogP contribution in [0.1, 0.15) is 58.3 Å². The van der Waals surface area contributed by atoms with Gasteiger partial charge in [-0.1, -0.05) is 18.2 Å². The highest BCUT2D eigenvalue weighted by Crippen LogP contribution is 2.55. The van der Waals surface area contributed by atoms with Gasteiger partial charge in [0, 0.05) is 23.6 Å². The molecule has 0 fully saturated rings. The van der Waals surface area contributed by atoms with Crippen LogP contribution in [0, 0.1) is 0 Å². The molecule has 9 nitrogen and oxygen atoms in total. The van der Waals surface area contributed by atoms with Crippen molar-refractivity contribution in [3.05, 3.63) is 36.0 Å². The number of benzene rings is 1. The number of esters is 1. The lowest BCUT2D eigenvalue weighted by molar-refractivity contribution is -0.143. The van der Waals surface area contributed by atoms with Crippen molar-refractivity contribution in [1.29, 1.82) is 0 Å². The second-order valence-corrected chi connectivity index (χ2v) is 10.4. The molecule has 33 heavy (non-hydrogen) atoms. The van der Waals surface area contributed by atoms with E-state index < -0.39 is 43.1 Å². The minimum Gasteiger partial charge on any atom is -0.465 e. The van der Waals surface area contributed by atoms with Crippen LogP contribution >= 0.6 is 7.60 Å². The molecular formula is C23H32NO8P. The Labute approximate surface area is 193 Å². The summed E-state index contributed by atoms with van der Waals surface area (Å²) in [6.07, 6.45) is 0.252. The van der Waals surface area contributed by atoms with Crippen LogP contribution < -0.4 is 0 Å². The van der Waals surface area contributed by atoms with Gasteiger partial charge in [-0.15, -0.1) is 0 Å². The minimum atomic E-state index is -3.98. The summed E-state index contributed by atoms with van der Waals surface area (Å²) in [5.74, 6) is -1.35. The molecule has 0 saturated heterocycles. The van der Waals surface area contributed by atoms with Gasteiger partial charge in [0.1, 0.15) is 5.60 Å². The van der Waals surface area contributed by atoms with Gasteiger partial charge in [-0.3, -0.25) is 18.7 Å². The number of para-hydroxylation sites is 1. The molecule has 1 heterocycles. The van der Waals surface area contributed by atoms with Crippen molar-refractivity contribution in [3.63, 3.8) is 0 Å². The van der Waals surface area contributed by atoms with E-state index in [1.54, 1.807) is 65.8 Å². The Morgan fingerprint density at radius 2 is 1.61 bits per heavy atom. The summed E-state index contributed by atoms with van der Waals surface area (Å²) < 4.78 is 35.8. The largest absolute Gasteiger partial charge is 0.465 e. The topological polar surface area (TPSA) is 110 Å². The van der Waals surface area contributed by atoms with Crippen molar-refractivity contribution in [2.75, 3.05) is 19.8 Å². The van der Waals surface area contributed by atoms with Crippen molar-refractivity contribution in [1.82, 2.24) is 4.57 Å². The third kappa shape index (κ3) is 6.53. The van der Waals surface area contributed by atoms with Gasteiger partial charge in [0.25, 0.3) is 0 Å². The highest BCUT2D eigenvalue weighted by atomic mass is 31.2. The molecule has 1 aromatic carbocycles. The molecule has 0 spiro atoms. The standard InChI is InChI=1S/C23H32NO8P/c1-7-29-21(26)20(33(28,30-8-2)31-9-3)14-19(25)17-15-24(22(27)32-23(4,5)6)18-13-11-10-12-16(17)18/h10-13,15,20H,7-9,14H2,1-6H3. The highest BCUT2D eigenvalue weighted by Gasteiger charge is 2.44. The lowest BCUT2D eigenvalue weighted by Gasteiger charge is -2.24. The number of hydrogen-bond acceptors (Lipinski definition) is 8. The molecule has 2 rings (SSSR count). The lowest BCUT2D eigenvalue weighted by Crippen LogP contribution is -2.29. The summed E-state index contributed by atoms with van der Waals surface area (Å²) in [6.45, 7) is 10.2. The average molecular weight is 481 g/mol.